The van der Waals surface area contributed by atoms with E-state index in [0.717, 1.165) is 27.6 Å². The summed E-state index contributed by atoms with van der Waals surface area (Å²) < 4.78 is 5.37. The first-order valence-electron chi connectivity index (χ1n) is 5.99. The number of pyridine rings is 1. The van der Waals surface area contributed by atoms with Crippen LogP contribution in [0.2, 0.25) is 5.15 Å². The molecule has 0 spiro atoms. The molecule has 0 amide bonds. The summed E-state index contributed by atoms with van der Waals surface area (Å²) in [7, 11) is 1.66. The summed E-state index contributed by atoms with van der Waals surface area (Å²) in [6, 6.07) is 11.6. The number of methoxy groups -OCH3 is 1. The molecule has 0 fully saturated rings. The highest BCUT2D eigenvalue weighted by Gasteiger charge is 2.10. The molecule has 0 aliphatic rings. The fourth-order valence-electron chi connectivity index (χ4n) is 1.92. The lowest BCUT2D eigenvalue weighted by Gasteiger charge is -2.04. The molecule has 3 nitrogen and oxygen atoms in total. The minimum Gasteiger partial charge on any atom is -0.496 e. The van der Waals surface area contributed by atoms with Crippen molar-refractivity contribution in [1.29, 1.82) is 0 Å². The van der Waals surface area contributed by atoms with Crippen LogP contribution in [0.4, 0.5) is 0 Å². The summed E-state index contributed by atoms with van der Waals surface area (Å²) in [5.41, 5.74) is 2.85. The number of rotatable bonds is 3. The lowest BCUT2D eigenvalue weighted by Crippen LogP contribution is -1.87. The highest BCUT2D eigenvalue weighted by Crippen LogP contribution is 2.33. The van der Waals surface area contributed by atoms with Gasteiger partial charge in [0.15, 0.2) is 0 Å². The monoisotopic (exact) mass is 302 g/mol. The van der Waals surface area contributed by atoms with Gasteiger partial charge in [-0.1, -0.05) is 23.7 Å². The fraction of sp³-hybridized carbons (Fsp3) is 0.0667. The molecule has 0 atom stereocenters. The quantitative estimate of drug-likeness (QED) is 0.667. The molecule has 0 saturated carbocycles. The van der Waals surface area contributed by atoms with Crippen molar-refractivity contribution in [3.8, 4) is 27.6 Å². The first kappa shape index (κ1) is 13.1. The molecule has 5 heteroatoms. The van der Waals surface area contributed by atoms with Gasteiger partial charge in [-0.2, -0.15) is 0 Å². The summed E-state index contributed by atoms with van der Waals surface area (Å²) >= 11 is 7.48. The van der Waals surface area contributed by atoms with Crippen LogP contribution in [0.5, 0.6) is 5.75 Å². The van der Waals surface area contributed by atoms with E-state index in [0.29, 0.717) is 5.15 Å². The van der Waals surface area contributed by atoms with Crippen LogP contribution in [-0.2, 0) is 0 Å². The van der Waals surface area contributed by atoms with Gasteiger partial charge in [0.05, 0.1) is 12.8 Å². The largest absolute Gasteiger partial charge is 0.496 e. The maximum Gasteiger partial charge on any atom is 0.129 e. The zero-order chi connectivity index (χ0) is 13.9. The van der Waals surface area contributed by atoms with Gasteiger partial charge >= 0.3 is 0 Å². The summed E-state index contributed by atoms with van der Waals surface area (Å²) in [5.74, 6) is 0.817. The summed E-state index contributed by atoms with van der Waals surface area (Å²) in [4.78, 5) is 8.63. The fourth-order valence-corrected chi connectivity index (χ4v) is 2.91. The van der Waals surface area contributed by atoms with Gasteiger partial charge in [0, 0.05) is 22.7 Å². The second-order valence-electron chi connectivity index (χ2n) is 4.11. The van der Waals surface area contributed by atoms with Gasteiger partial charge in [-0.25, -0.2) is 9.97 Å². The van der Waals surface area contributed by atoms with Crippen molar-refractivity contribution in [3.63, 3.8) is 0 Å². The minimum atomic E-state index is 0.469. The SMILES string of the molecule is COc1ccccc1-c1csc(-c2ccnc(Cl)c2)n1. The Bertz CT molecular complexity index is 742. The van der Waals surface area contributed by atoms with Crippen molar-refractivity contribution in [2.45, 2.75) is 0 Å². The highest BCUT2D eigenvalue weighted by atomic mass is 35.5. The third kappa shape index (κ3) is 2.53. The van der Waals surface area contributed by atoms with E-state index in [9.17, 15) is 0 Å². The first-order chi connectivity index (χ1) is 9.78. The summed E-state index contributed by atoms with van der Waals surface area (Å²) in [6.07, 6.45) is 1.68. The second kappa shape index (κ2) is 5.61. The molecule has 0 unspecified atom stereocenters. The molecule has 2 heterocycles. The lowest BCUT2D eigenvalue weighted by atomic mass is 10.1. The molecule has 0 radical (unpaired) electrons. The average Bonchev–Trinajstić information content (AvgIpc) is 2.97. The number of para-hydroxylation sites is 1. The van der Waals surface area contributed by atoms with E-state index in [1.165, 1.54) is 0 Å². The van der Waals surface area contributed by atoms with Crippen molar-refractivity contribution in [3.05, 3.63) is 53.1 Å². The van der Waals surface area contributed by atoms with Crippen molar-refractivity contribution < 1.29 is 4.74 Å². The molecule has 20 heavy (non-hydrogen) atoms. The number of ether oxygens (including phenoxy) is 1. The van der Waals surface area contributed by atoms with Crippen molar-refractivity contribution in [1.82, 2.24) is 9.97 Å². The van der Waals surface area contributed by atoms with Gasteiger partial charge in [-0.3, -0.25) is 0 Å². The molecular formula is C15H11ClN2OS. The van der Waals surface area contributed by atoms with Gasteiger partial charge in [0.1, 0.15) is 15.9 Å². The Hall–Kier alpha value is -1.91. The number of benzene rings is 1. The Morgan fingerprint density at radius 1 is 1.20 bits per heavy atom. The van der Waals surface area contributed by atoms with E-state index in [-0.39, 0.29) is 0 Å². The van der Waals surface area contributed by atoms with E-state index in [1.807, 2.05) is 41.8 Å². The predicted molar refractivity (Wildman–Crippen MR) is 82.3 cm³/mol. The number of aromatic nitrogens is 2. The van der Waals surface area contributed by atoms with Crippen LogP contribution < -0.4 is 4.74 Å². The van der Waals surface area contributed by atoms with Crippen molar-refractivity contribution in [2.75, 3.05) is 7.11 Å². The number of hydrogen-bond donors (Lipinski definition) is 0. The van der Waals surface area contributed by atoms with Crippen LogP contribution in [0.25, 0.3) is 21.8 Å². The zero-order valence-corrected chi connectivity index (χ0v) is 12.3. The van der Waals surface area contributed by atoms with Gasteiger partial charge < -0.3 is 4.74 Å². The molecule has 0 bridgehead atoms. The topological polar surface area (TPSA) is 35.0 Å². The molecular weight excluding hydrogens is 292 g/mol. The van der Waals surface area contributed by atoms with Crippen LogP contribution in [0, 0.1) is 0 Å². The van der Waals surface area contributed by atoms with Gasteiger partial charge in [0.2, 0.25) is 0 Å². The Morgan fingerprint density at radius 3 is 2.85 bits per heavy atom. The summed E-state index contributed by atoms with van der Waals surface area (Å²) in [6.45, 7) is 0. The predicted octanol–water partition coefficient (Wildman–Crippen LogP) is 4.53. The molecule has 3 rings (SSSR count). The van der Waals surface area contributed by atoms with E-state index < -0.39 is 0 Å². The Balaban J connectivity index is 2.02. The smallest absolute Gasteiger partial charge is 0.129 e. The van der Waals surface area contributed by atoms with Crippen molar-refractivity contribution in [2.24, 2.45) is 0 Å². The maximum atomic E-state index is 5.91. The Morgan fingerprint density at radius 2 is 2.05 bits per heavy atom. The standard InChI is InChI=1S/C15H11ClN2OS/c1-19-13-5-3-2-4-11(13)12-9-20-15(18-12)10-6-7-17-14(16)8-10/h2-9H,1H3. The van der Waals surface area contributed by atoms with E-state index in [2.05, 4.69) is 9.97 Å². The van der Waals surface area contributed by atoms with Gasteiger partial charge in [0.25, 0.3) is 0 Å². The van der Waals surface area contributed by atoms with E-state index >= 15 is 0 Å². The van der Waals surface area contributed by atoms with Gasteiger partial charge in [-0.05, 0) is 24.3 Å². The second-order valence-corrected chi connectivity index (χ2v) is 5.35. The van der Waals surface area contributed by atoms with Crippen LogP contribution in [0.1, 0.15) is 0 Å². The highest BCUT2D eigenvalue weighted by molar-refractivity contribution is 7.13. The van der Waals surface area contributed by atoms with Crippen LogP contribution in [0.3, 0.4) is 0 Å². The Labute approximate surface area is 125 Å². The molecule has 3 aromatic rings. The molecule has 0 saturated heterocycles. The van der Waals surface area contributed by atoms with E-state index in [4.69, 9.17) is 16.3 Å². The maximum absolute atomic E-state index is 5.91. The lowest BCUT2D eigenvalue weighted by molar-refractivity contribution is 0.416. The molecule has 2 aromatic heterocycles. The summed E-state index contributed by atoms with van der Waals surface area (Å²) in [5, 5.41) is 3.40. The average molecular weight is 303 g/mol. The normalized spacial score (nSPS) is 10.5. The number of halogens is 1. The third-order valence-electron chi connectivity index (χ3n) is 2.86. The molecule has 0 N–H and O–H groups in total. The Kier molecular flexibility index (Phi) is 3.67. The third-order valence-corrected chi connectivity index (χ3v) is 3.96. The molecule has 0 aliphatic carbocycles. The molecule has 100 valence electrons. The van der Waals surface area contributed by atoms with Crippen LogP contribution in [-0.4, -0.2) is 17.1 Å². The van der Waals surface area contributed by atoms with Crippen LogP contribution in [0.15, 0.2) is 48.0 Å². The first-order valence-corrected chi connectivity index (χ1v) is 7.24. The number of thiazole rings is 1. The molecule has 0 aliphatic heterocycles. The van der Waals surface area contributed by atoms with Crippen LogP contribution >= 0.6 is 22.9 Å². The van der Waals surface area contributed by atoms with E-state index in [1.54, 1.807) is 24.6 Å². The minimum absolute atomic E-state index is 0.469. The number of nitrogens with zero attached hydrogens (tertiary/aromatic N) is 2. The number of hydrogen-bond acceptors (Lipinski definition) is 4. The molecule has 1 aromatic carbocycles. The zero-order valence-electron chi connectivity index (χ0n) is 10.7. The van der Waals surface area contributed by atoms with Gasteiger partial charge in [-0.15, -0.1) is 11.3 Å². The van der Waals surface area contributed by atoms with Crippen molar-refractivity contribution >= 4 is 22.9 Å².